The Bertz CT molecular complexity index is 1120. The van der Waals surface area contributed by atoms with E-state index < -0.39 is 0 Å². The Morgan fingerprint density at radius 1 is 1.03 bits per heavy atom. The van der Waals surface area contributed by atoms with Crippen LogP contribution in [0.25, 0.3) is 5.69 Å². The molecule has 152 valence electrons. The average Bonchev–Trinajstić information content (AvgIpc) is 3.26. The summed E-state index contributed by atoms with van der Waals surface area (Å²) in [5.74, 6) is -0.527. The lowest BCUT2D eigenvalue weighted by molar-refractivity contribution is -0.139. The normalized spacial score (nSPS) is 13.7. The summed E-state index contributed by atoms with van der Waals surface area (Å²) in [6.07, 6.45) is 2.12. The van der Waals surface area contributed by atoms with Crippen molar-refractivity contribution < 1.29 is 14.4 Å². The maximum Gasteiger partial charge on any atom is 0.259 e. The number of rotatable bonds is 5. The number of anilines is 1. The van der Waals surface area contributed by atoms with E-state index in [1.54, 1.807) is 35.1 Å². The number of likely N-dealkylation sites (tertiary alicyclic amines) is 1. The molecule has 0 spiro atoms. The van der Waals surface area contributed by atoms with E-state index in [9.17, 15) is 14.4 Å². The van der Waals surface area contributed by atoms with Gasteiger partial charge < -0.3 is 5.32 Å². The van der Waals surface area contributed by atoms with Crippen molar-refractivity contribution in [2.45, 2.75) is 33.2 Å². The van der Waals surface area contributed by atoms with Crippen LogP contribution < -0.4 is 5.32 Å². The zero-order chi connectivity index (χ0) is 21.3. The second-order valence-electron chi connectivity index (χ2n) is 7.42. The molecule has 1 fully saturated rings. The molecule has 2 aromatic carbocycles. The molecule has 1 aromatic heterocycles. The second-order valence-corrected chi connectivity index (χ2v) is 7.42. The quantitative estimate of drug-likeness (QED) is 0.663. The summed E-state index contributed by atoms with van der Waals surface area (Å²) in [6, 6.07) is 15.1. The van der Waals surface area contributed by atoms with Gasteiger partial charge in [0.05, 0.1) is 29.7 Å². The molecule has 3 aromatic rings. The molecule has 0 radical (unpaired) electrons. The van der Waals surface area contributed by atoms with E-state index in [1.165, 1.54) is 4.90 Å². The molecule has 30 heavy (non-hydrogen) atoms. The molecule has 1 N–H and O–H groups in total. The van der Waals surface area contributed by atoms with Gasteiger partial charge in [0.25, 0.3) is 5.91 Å². The van der Waals surface area contributed by atoms with Crippen LogP contribution in [0.5, 0.6) is 0 Å². The number of benzene rings is 2. The summed E-state index contributed by atoms with van der Waals surface area (Å²) in [5.41, 5.74) is 4.73. The van der Waals surface area contributed by atoms with Gasteiger partial charge in [0, 0.05) is 18.5 Å². The van der Waals surface area contributed by atoms with Crippen molar-refractivity contribution in [1.29, 1.82) is 0 Å². The molecule has 1 saturated heterocycles. The molecular formula is C23H22N4O3. The van der Waals surface area contributed by atoms with Crippen molar-refractivity contribution in [3.63, 3.8) is 0 Å². The minimum atomic E-state index is -0.246. The van der Waals surface area contributed by atoms with Crippen LogP contribution in [0, 0.1) is 13.8 Å². The monoisotopic (exact) mass is 402 g/mol. The number of nitrogens with zero attached hydrogens (tertiary/aromatic N) is 3. The number of carbonyl (C=O) groups excluding carboxylic acids is 3. The molecule has 0 aliphatic carbocycles. The Balaban J connectivity index is 1.45. The van der Waals surface area contributed by atoms with Gasteiger partial charge in [-0.3, -0.25) is 19.3 Å². The summed E-state index contributed by atoms with van der Waals surface area (Å²) >= 11 is 0. The number of hydrogen-bond acceptors (Lipinski definition) is 4. The fourth-order valence-corrected chi connectivity index (χ4v) is 3.53. The van der Waals surface area contributed by atoms with Crippen molar-refractivity contribution in [1.82, 2.24) is 14.7 Å². The summed E-state index contributed by atoms with van der Waals surface area (Å²) in [7, 11) is 0. The van der Waals surface area contributed by atoms with Crippen LogP contribution in [0.1, 0.15) is 40.0 Å². The fraction of sp³-hybridized carbons (Fsp3) is 0.217. The van der Waals surface area contributed by atoms with E-state index in [-0.39, 0.29) is 37.1 Å². The lowest BCUT2D eigenvalue weighted by Gasteiger charge is -2.14. The number of carbonyl (C=O) groups is 3. The topological polar surface area (TPSA) is 84.3 Å². The van der Waals surface area contributed by atoms with Crippen LogP contribution in [-0.4, -0.2) is 32.4 Å². The van der Waals surface area contributed by atoms with Crippen LogP contribution in [0.15, 0.2) is 54.7 Å². The molecule has 0 bridgehead atoms. The van der Waals surface area contributed by atoms with Gasteiger partial charge in [0.1, 0.15) is 0 Å². The Morgan fingerprint density at radius 2 is 1.73 bits per heavy atom. The standard InChI is InChI=1S/C23H22N4O3/c1-15-4-3-5-19(12-15)27-16(2)20(13-24-27)23(30)25-18-8-6-17(7-9-18)14-26-21(28)10-11-22(26)29/h3-9,12-13H,10-11,14H2,1-2H3,(H,25,30). The average molecular weight is 402 g/mol. The van der Waals surface area contributed by atoms with E-state index in [4.69, 9.17) is 0 Å². The van der Waals surface area contributed by atoms with Crippen LogP contribution in [0.3, 0.4) is 0 Å². The van der Waals surface area contributed by atoms with Gasteiger partial charge in [0.2, 0.25) is 11.8 Å². The van der Waals surface area contributed by atoms with Gasteiger partial charge in [0.15, 0.2) is 0 Å². The van der Waals surface area contributed by atoms with Crippen molar-refractivity contribution >= 4 is 23.4 Å². The first-order valence-corrected chi connectivity index (χ1v) is 9.77. The number of amides is 3. The highest BCUT2D eigenvalue weighted by atomic mass is 16.2. The molecule has 4 rings (SSSR count). The molecule has 2 heterocycles. The molecular weight excluding hydrogens is 380 g/mol. The SMILES string of the molecule is Cc1cccc(-n2ncc(C(=O)Nc3ccc(CN4C(=O)CCC4=O)cc3)c2C)c1. The third kappa shape index (κ3) is 3.87. The van der Waals surface area contributed by atoms with Crippen LogP contribution in [0.4, 0.5) is 5.69 Å². The highest BCUT2D eigenvalue weighted by molar-refractivity contribution is 6.05. The van der Waals surface area contributed by atoms with Crippen molar-refractivity contribution in [3.05, 3.63) is 77.1 Å². The zero-order valence-electron chi connectivity index (χ0n) is 16.9. The first-order valence-electron chi connectivity index (χ1n) is 9.77. The lowest BCUT2D eigenvalue weighted by Crippen LogP contribution is -2.28. The number of aryl methyl sites for hydroxylation is 1. The Kier molecular flexibility index (Phi) is 5.18. The van der Waals surface area contributed by atoms with E-state index in [2.05, 4.69) is 10.4 Å². The van der Waals surface area contributed by atoms with Gasteiger partial charge in [-0.1, -0.05) is 24.3 Å². The van der Waals surface area contributed by atoms with E-state index in [0.717, 1.165) is 22.5 Å². The molecule has 0 unspecified atom stereocenters. The smallest absolute Gasteiger partial charge is 0.259 e. The largest absolute Gasteiger partial charge is 0.322 e. The highest BCUT2D eigenvalue weighted by Gasteiger charge is 2.28. The molecule has 0 saturated carbocycles. The van der Waals surface area contributed by atoms with Crippen LogP contribution in [-0.2, 0) is 16.1 Å². The molecule has 3 amide bonds. The van der Waals surface area contributed by atoms with Crippen molar-refractivity contribution in [3.8, 4) is 5.69 Å². The summed E-state index contributed by atoms with van der Waals surface area (Å²) in [5, 5.41) is 7.24. The van der Waals surface area contributed by atoms with Crippen molar-refractivity contribution in [2.24, 2.45) is 0 Å². The van der Waals surface area contributed by atoms with Crippen molar-refractivity contribution in [2.75, 3.05) is 5.32 Å². The van der Waals surface area contributed by atoms with Gasteiger partial charge >= 0.3 is 0 Å². The van der Waals surface area contributed by atoms with Crippen LogP contribution >= 0.6 is 0 Å². The van der Waals surface area contributed by atoms with Gasteiger partial charge in [-0.25, -0.2) is 4.68 Å². The second kappa shape index (κ2) is 7.94. The van der Waals surface area contributed by atoms with Gasteiger partial charge in [-0.05, 0) is 49.2 Å². The molecule has 1 aliphatic rings. The molecule has 0 atom stereocenters. The third-order valence-corrected chi connectivity index (χ3v) is 5.21. The number of imide groups is 1. The Hall–Kier alpha value is -3.74. The highest BCUT2D eigenvalue weighted by Crippen LogP contribution is 2.19. The minimum Gasteiger partial charge on any atom is -0.322 e. The first kappa shape index (κ1) is 19.6. The number of hydrogen-bond donors (Lipinski definition) is 1. The summed E-state index contributed by atoms with van der Waals surface area (Å²) in [4.78, 5) is 37.5. The van der Waals surface area contributed by atoms with E-state index >= 15 is 0 Å². The summed E-state index contributed by atoms with van der Waals surface area (Å²) < 4.78 is 1.75. The van der Waals surface area contributed by atoms with E-state index in [0.29, 0.717) is 11.3 Å². The van der Waals surface area contributed by atoms with Gasteiger partial charge in [-0.15, -0.1) is 0 Å². The van der Waals surface area contributed by atoms with Crippen LogP contribution in [0.2, 0.25) is 0 Å². The maximum atomic E-state index is 12.7. The predicted molar refractivity (Wildman–Crippen MR) is 112 cm³/mol. The summed E-state index contributed by atoms with van der Waals surface area (Å²) in [6.45, 7) is 4.13. The number of aromatic nitrogens is 2. The van der Waals surface area contributed by atoms with E-state index in [1.807, 2.05) is 38.1 Å². The molecule has 7 nitrogen and oxygen atoms in total. The lowest BCUT2D eigenvalue weighted by atomic mass is 10.1. The molecule has 1 aliphatic heterocycles. The maximum absolute atomic E-state index is 12.7. The third-order valence-electron chi connectivity index (χ3n) is 5.21. The number of nitrogens with one attached hydrogen (secondary N) is 1. The molecule has 7 heteroatoms. The minimum absolute atomic E-state index is 0.140. The Morgan fingerprint density at radius 3 is 2.40 bits per heavy atom. The van der Waals surface area contributed by atoms with Gasteiger partial charge in [-0.2, -0.15) is 5.10 Å². The zero-order valence-corrected chi connectivity index (χ0v) is 16.9. The first-order chi connectivity index (χ1) is 14.4. The predicted octanol–water partition coefficient (Wildman–Crippen LogP) is 3.39. The Labute approximate surface area is 174 Å². The fourth-order valence-electron chi connectivity index (χ4n) is 3.53.